The molecule has 0 aliphatic carbocycles. The summed E-state index contributed by atoms with van der Waals surface area (Å²) in [5.41, 5.74) is 2.37. The number of para-hydroxylation sites is 1. The summed E-state index contributed by atoms with van der Waals surface area (Å²) in [5, 5.41) is 9.26. The maximum atomic E-state index is 11.3. The molecule has 2 unspecified atom stereocenters. The van der Waals surface area contributed by atoms with Crippen molar-refractivity contribution in [1.82, 2.24) is 0 Å². The van der Waals surface area contributed by atoms with Gasteiger partial charge in [-0.05, 0) is 30.4 Å². The van der Waals surface area contributed by atoms with Gasteiger partial charge in [-0.3, -0.25) is 0 Å². The highest BCUT2D eigenvalue weighted by atomic mass is 16.4. The lowest BCUT2D eigenvalue weighted by Gasteiger charge is -2.22. The predicted octanol–water partition coefficient (Wildman–Crippen LogP) is 2.79. The summed E-state index contributed by atoms with van der Waals surface area (Å²) in [5.74, 6) is 0.406. The van der Waals surface area contributed by atoms with Crippen LogP contribution in [0, 0.1) is 18.8 Å². The standard InChI is InChI=1S/C14H19NO2/c1-9-5-4-6-12(14(16)17)13(9)15-7-10(2)11(3)8-15/h4-6,10-11H,7-8H2,1-3H3,(H,16,17). The van der Waals surface area contributed by atoms with Crippen molar-refractivity contribution in [3.63, 3.8) is 0 Å². The molecule has 1 N–H and O–H groups in total. The van der Waals surface area contributed by atoms with E-state index in [-0.39, 0.29) is 0 Å². The third-order valence-corrected chi connectivity index (χ3v) is 3.77. The molecule has 1 aromatic carbocycles. The van der Waals surface area contributed by atoms with E-state index in [4.69, 9.17) is 0 Å². The zero-order valence-electron chi connectivity index (χ0n) is 10.6. The Morgan fingerprint density at radius 3 is 2.41 bits per heavy atom. The Bertz CT molecular complexity index is 432. The summed E-state index contributed by atoms with van der Waals surface area (Å²) in [6.07, 6.45) is 0. The SMILES string of the molecule is Cc1cccc(C(=O)O)c1N1CC(C)C(C)C1. The van der Waals surface area contributed by atoms with Crippen molar-refractivity contribution in [3.05, 3.63) is 29.3 Å². The van der Waals surface area contributed by atoms with Crippen LogP contribution in [0.1, 0.15) is 29.8 Å². The molecule has 3 heteroatoms. The minimum Gasteiger partial charge on any atom is -0.478 e. The third-order valence-electron chi connectivity index (χ3n) is 3.77. The Labute approximate surface area is 102 Å². The molecule has 1 saturated heterocycles. The largest absolute Gasteiger partial charge is 0.478 e. The lowest BCUT2D eigenvalue weighted by atomic mass is 10.0. The molecular weight excluding hydrogens is 214 g/mol. The first kappa shape index (κ1) is 12.0. The van der Waals surface area contributed by atoms with Crippen LogP contribution in [0.4, 0.5) is 5.69 Å². The van der Waals surface area contributed by atoms with Gasteiger partial charge in [0.05, 0.1) is 11.3 Å². The minimum absolute atomic E-state index is 0.423. The van der Waals surface area contributed by atoms with Gasteiger partial charge < -0.3 is 10.0 Å². The fraction of sp³-hybridized carbons (Fsp3) is 0.500. The van der Waals surface area contributed by atoms with E-state index in [0.717, 1.165) is 24.3 Å². The van der Waals surface area contributed by atoms with Crippen LogP contribution < -0.4 is 4.90 Å². The summed E-state index contributed by atoms with van der Waals surface area (Å²) in [7, 11) is 0. The van der Waals surface area contributed by atoms with E-state index in [1.165, 1.54) is 0 Å². The summed E-state index contributed by atoms with van der Waals surface area (Å²) in [6.45, 7) is 8.33. The molecule has 17 heavy (non-hydrogen) atoms. The van der Waals surface area contributed by atoms with Gasteiger partial charge in [0, 0.05) is 13.1 Å². The van der Waals surface area contributed by atoms with E-state index in [9.17, 15) is 9.90 Å². The molecule has 0 saturated carbocycles. The van der Waals surface area contributed by atoms with E-state index < -0.39 is 5.97 Å². The van der Waals surface area contributed by atoms with Crippen LogP contribution in [0.15, 0.2) is 18.2 Å². The average Bonchev–Trinajstić information content (AvgIpc) is 2.58. The molecule has 92 valence electrons. The van der Waals surface area contributed by atoms with Crippen molar-refractivity contribution in [2.75, 3.05) is 18.0 Å². The van der Waals surface area contributed by atoms with E-state index in [1.807, 2.05) is 19.1 Å². The lowest BCUT2D eigenvalue weighted by Crippen LogP contribution is -2.23. The van der Waals surface area contributed by atoms with E-state index in [0.29, 0.717) is 17.4 Å². The molecule has 0 amide bonds. The Morgan fingerprint density at radius 1 is 1.29 bits per heavy atom. The van der Waals surface area contributed by atoms with Gasteiger partial charge in [-0.15, -0.1) is 0 Å². The van der Waals surface area contributed by atoms with Crippen LogP contribution in [-0.2, 0) is 0 Å². The zero-order valence-corrected chi connectivity index (χ0v) is 10.6. The topological polar surface area (TPSA) is 40.5 Å². The summed E-state index contributed by atoms with van der Waals surface area (Å²) >= 11 is 0. The molecule has 1 aliphatic heterocycles. The Morgan fingerprint density at radius 2 is 1.88 bits per heavy atom. The summed E-state index contributed by atoms with van der Waals surface area (Å²) < 4.78 is 0. The maximum Gasteiger partial charge on any atom is 0.337 e. The summed E-state index contributed by atoms with van der Waals surface area (Å²) in [6, 6.07) is 5.49. The second-order valence-corrected chi connectivity index (χ2v) is 5.14. The van der Waals surface area contributed by atoms with Gasteiger partial charge in [0.25, 0.3) is 0 Å². The second kappa shape index (κ2) is 4.40. The van der Waals surface area contributed by atoms with Gasteiger partial charge in [-0.25, -0.2) is 4.79 Å². The first-order valence-electron chi connectivity index (χ1n) is 6.08. The monoisotopic (exact) mass is 233 g/mol. The Kier molecular flexibility index (Phi) is 3.09. The minimum atomic E-state index is -0.837. The highest BCUT2D eigenvalue weighted by molar-refractivity contribution is 5.95. The van der Waals surface area contributed by atoms with Gasteiger partial charge in [0.15, 0.2) is 0 Å². The van der Waals surface area contributed by atoms with Gasteiger partial charge in [-0.2, -0.15) is 0 Å². The second-order valence-electron chi connectivity index (χ2n) is 5.14. The molecule has 1 aliphatic rings. The van der Waals surface area contributed by atoms with Crippen LogP contribution in [0.25, 0.3) is 0 Å². The van der Waals surface area contributed by atoms with Crippen molar-refractivity contribution in [1.29, 1.82) is 0 Å². The average molecular weight is 233 g/mol. The van der Waals surface area contributed by atoms with Crippen LogP contribution >= 0.6 is 0 Å². The molecule has 0 radical (unpaired) electrons. The number of hydrogen-bond donors (Lipinski definition) is 1. The van der Waals surface area contributed by atoms with Crippen LogP contribution in [0.5, 0.6) is 0 Å². The molecule has 0 aromatic heterocycles. The molecule has 2 atom stereocenters. The fourth-order valence-corrected chi connectivity index (χ4v) is 2.56. The molecular formula is C14H19NO2. The fourth-order valence-electron chi connectivity index (χ4n) is 2.56. The first-order chi connectivity index (χ1) is 8.00. The third kappa shape index (κ3) is 2.14. The number of anilines is 1. The lowest BCUT2D eigenvalue weighted by molar-refractivity contribution is 0.0697. The molecule has 3 nitrogen and oxygen atoms in total. The van der Waals surface area contributed by atoms with Crippen LogP contribution in [0.3, 0.4) is 0 Å². The van der Waals surface area contributed by atoms with Crippen molar-refractivity contribution >= 4 is 11.7 Å². The number of aromatic carboxylic acids is 1. The van der Waals surface area contributed by atoms with Crippen molar-refractivity contribution in [2.24, 2.45) is 11.8 Å². The number of carboxylic acids is 1. The number of aryl methyl sites for hydroxylation is 1. The van der Waals surface area contributed by atoms with E-state index >= 15 is 0 Å². The first-order valence-corrected chi connectivity index (χ1v) is 6.08. The number of nitrogens with zero attached hydrogens (tertiary/aromatic N) is 1. The molecule has 0 spiro atoms. The van der Waals surface area contributed by atoms with Gasteiger partial charge >= 0.3 is 5.97 Å². The molecule has 2 rings (SSSR count). The number of carbonyl (C=O) groups is 1. The van der Waals surface area contributed by atoms with Gasteiger partial charge in [0.1, 0.15) is 0 Å². The highest BCUT2D eigenvalue weighted by Gasteiger charge is 2.29. The number of hydrogen-bond acceptors (Lipinski definition) is 2. The predicted molar refractivity (Wildman–Crippen MR) is 68.7 cm³/mol. The molecule has 1 fully saturated rings. The van der Waals surface area contributed by atoms with Gasteiger partial charge in [-0.1, -0.05) is 26.0 Å². The Hall–Kier alpha value is -1.51. The Balaban J connectivity index is 2.41. The normalized spacial score (nSPS) is 24.1. The van der Waals surface area contributed by atoms with Crippen molar-refractivity contribution in [3.8, 4) is 0 Å². The van der Waals surface area contributed by atoms with E-state index in [1.54, 1.807) is 6.07 Å². The smallest absolute Gasteiger partial charge is 0.337 e. The zero-order chi connectivity index (χ0) is 12.6. The van der Waals surface area contributed by atoms with Gasteiger partial charge in [0.2, 0.25) is 0 Å². The molecule has 0 bridgehead atoms. The van der Waals surface area contributed by atoms with Crippen LogP contribution in [-0.4, -0.2) is 24.2 Å². The van der Waals surface area contributed by atoms with Crippen molar-refractivity contribution in [2.45, 2.75) is 20.8 Å². The molecule has 1 aromatic rings. The van der Waals surface area contributed by atoms with E-state index in [2.05, 4.69) is 18.7 Å². The summed E-state index contributed by atoms with van der Waals surface area (Å²) in [4.78, 5) is 13.5. The number of rotatable bonds is 2. The van der Waals surface area contributed by atoms with Crippen molar-refractivity contribution < 1.29 is 9.90 Å². The quantitative estimate of drug-likeness (QED) is 0.854. The highest BCUT2D eigenvalue weighted by Crippen LogP contribution is 2.32. The van der Waals surface area contributed by atoms with Crippen LogP contribution in [0.2, 0.25) is 0 Å². The number of benzene rings is 1. The maximum absolute atomic E-state index is 11.3. The number of carboxylic acid groups (broad SMARTS) is 1. The molecule has 1 heterocycles.